The van der Waals surface area contributed by atoms with E-state index in [1.54, 1.807) is 6.33 Å². The SMILES string of the molecule is CCCNc1ncnc(N2Cc3ccccc3C2)c1C. The first-order valence-electron chi connectivity index (χ1n) is 7.16. The topological polar surface area (TPSA) is 41.1 Å². The molecule has 0 spiro atoms. The molecule has 3 rings (SSSR count). The Morgan fingerprint density at radius 3 is 2.50 bits per heavy atom. The van der Waals surface area contributed by atoms with Gasteiger partial charge in [-0.15, -0.1) is 0 Å². The van der Waals surface area contributed by atoms with Crippen molar-refractivity contribution >= 4 is 11.6 Å². The van der Waals surface area contributed by atoms with E-state index in [1.165, 1.54) is 11.1 Å². The van der Waals surface area contributed by atoms with Gasteiger partial charge in [-0.2, -0.15) is 0 Å². The Morgan fingerprint density at radius 1 is 1.15 bits per heavy atom. The average molecular weight is 268 g/mol. The van der Waals surface area contributed by atoms with Crippen LogP contribution in [0.15, 0.2) is 30.6 Å². The summed E-state index contributed by atoms with van der Waals surface area (Å²) in [6.07, 6.45) is 2.75. The molecular weight excluding hydrogens is 248 g/mol. The van der Waals surface area contributed by atoms with Gasteiger partial charge in [-0.05, 0) is 24.5 Å². The van der Waals surface area contributed by atoms with Gasteiger partial charge in [-0.1, -0.05) is 31.2 Å². The fourth-order valence-electron chi connectivity index (χ4n) is 2.66. The highest BCUT2D eigenvalue weighted by molar-refractivity contribution is 5.59. The molecule has 1 aliphatic rings. The zero-order valence-electron chi connectivity index (χ0n) is 12.1. The summed E-state index contributed by atoms with van der Waals surface area (Å²) in [6, 6.07) is 8.59. The quantitative estimate of drug-likeness (QED) is 0.925. The van der Waals surface area contributed by atoms with Crippen LogP contribution in [0, 0.1) is 6.92 Å². The molecule has 0 saturated heterocycles. The molecule has 0 amide bonds. The summed E-state index contributed by atoms with van der Waals surface area (Å²) >= 11 is 0. The van der Waals surface area contributed by atoms with Crippen molar-refractivity contribution in [1.29, 1.82) is 0 Å². The van der Waals surface area contributed by atoms with Crippen molar-refractivity contribution in [3.8, 4) is 0 Å². The molecule has 0 atom stereocenters. The van der Waals surface area contributed by atoms with Gasteiger partial charge < -0.3 is 10.2 Å². The lowest BCUT2D eigenvalue weighted by molar-refractivity contribution is 0.842. The van der Waals surface area contributed by atoms with Crippen LogP contribution in [0.25, 0.3) is 0 Å². The first-order chi connectivity index (χ1) is 9.79. The minimum absolute atomic E-state index is 0.932. The third-order valence-corrected chi connectivity index (χ3v) is 3.74. The third-order valence-electron chi connectivity index (χ3n) is 3.74. The van der Waals surface area contributed by atoms with E-state index >= 15 is 0 Å². The molecule has 0 saturated carbocycles. The smallest absolute Gasteiger partial charge is 0.137 e. The van der Waals surface area contributed by atoms with Crippen LogP contribution in [-0.4, -0.2) is 16.5 Å². The van der Waals surface area contributed by atoms with Crippen molar-refractivity contribution in [2.45, 2.75) is 33.4 Å². The Bertz CT molecular complexity index is 584. The summed E-state index contributed by atoms with van der Waals surface area (Å²) in [5.41, 5.74) is 3.93. The predicted octanol–water partition coefficient (Wildman–Crippen LogP) is 3.13. The van der Waals surface area contributed by atoms with Crippen LogP contribution in [0.3, 0.4) is 0 Å². The van der Waals surface area contributed by atoms with Crippen LogP contribution in [0.5, 0.6) is 0 Å². The molecule has 1 N–H and O–H groups in total. The number of fused-ring (bicyclic) bond motifs is 1. The maximum absolute atomic E-state index is 4.49. The number of benzene rings is 1. The van der Waals surface area contributed by atoms with Gasteiger partial charge in [0, 0.05) is 25.2 Å². The molecule has 0 aliphatic carbocycles. The summed E-state index contributed by atoms with van der Waals surface area (Å²) in [7, 11) is 0. The fourth-order valence-corrected chi connectivity index (χ4v) is 2.66. The molecule has 1 aliphatic heterocycles. The molecular formula is C16H20N4. The highest BCUT2D eigenvalue weighted by atomic mass is 15.2. The second-order valence-electron chi connectivity index (χ2n) is 5.22. The van der Waals surface area contributed by atoms with Gasteiger partial charge in [0.15, 0.2) is 0 Å². The Balaban J connectivity index is 1.85. The number of hydrogen-bond acceptors (Lipinski definition) is 4. The lowest BCUT2D eigenvalue weighted by Crippen LogP contribution is -2.18. The number of rotatable bonds is 4. The van der Waals surface area contributed by atoms with Crippen LogP contribution >= 0.6 is 0 Å². The van der Waals surface area contributed by atoms with Crippen molar-refractivity contribution < 1.29 is 0 Å². The molecule has 1 aromatic carbocycles. The van der Waals surface area contributed by atoms with Crippen molar-refractivity contribution in [2.75, 3.05) is 16.8 Å². The van der Waals surface area contributed by atoms with E-state index in [1.807, 2.05) is 0 Å². The Morgan fingerprint density at radius 2 is 1.85 bits per heavy atom. The van der Waals surface area contributed by atoms with Gasteiger partial charge in [0.1, 0.15) is 18.0 Å². The van der Waals surface area contributed by atoms with E-state index in [9.17, 15) is 0 Å². The maximum Gasteiger partial charge on any atom is 0.137 e. The highest BCUT2D eigenvalue weighted by Gasteiger charge is 2.21. The maximum atomic E-state index is 4.49. The average Bonchev–Trinajstić information content (AvgIpc) is 2.90. The molecule has 0 fully saturated rings. The summed E-state index contributed by atoms with van der Waals surface area (Å²) in [5, 5.41) is 3.37. The van der Waals surface area contributed by atoms with E-state index in [0.29, 0.717) is 0 Å². The minimum Gasteiger partial charge on any atom is -0.370 e. The van der Waals surface area contributed by atoms with E-state index in [2.05, 4.69) is 58.3 Å². The van der Waals surface area contributed by atoms with Crippen LogP contribution in [0.1, 0.15) is 30.0 Å². The van der Waals surface area contributed by atoms with E-state index in [-0.39, 0.29) is 0 Å². The van der Waals surface area contributed by atoms with Gasteiger partial charge in [0.2, 0.25) is 0 Å². The fraction of sp³-hybridized carbons (Fsp3) is 0.375. The largest absolute Gasteiger partial charge is 0.370 e. The lowest BCUT2D eigenvalue weighted by Gasteiger charge is -2.20. The first-order valence-corrected chi connectivity index (χ1v) is 7.16. The molecule has 104 valence electrons. The van der Waals surface area contributed by atoms with Crippen molar-refractivity contribution in [2.24, 2.45) is 0 Å². The monoisotopic (exact) mass is 268 g/mol. The minimum atomic E-state index is 0.932. The van der Waals surface area contributed by atoms with Crippen LogP contribution in [-0.2, 0) is 13.1 Å². The van der Waals surface area contributed by atoms with E-state index in [0.717, 1.165) is 43.3 Å². The molecule has 2 aromatic rings. The molecule has 1 aromatic heterocycles. The van der Waals surface area contributed by atoms with Crippen molar-refractivity contribution in [1.82, 2.24) is 9.97 Å². The van der Waals surface area contributed by atoms with Crippen molar-refractivity contribution in [3.63, 3.8) is 0 Å². The standard InChI is InChI=1S/C16H20N4/c1-3-8-17-15-12(2)16(19-11-18-15)20-9-13-6-4-5-7-14(13)10-20/h4-7,11H,3,8-10H2,1-2H3,(H,17,18,19). The van der Waals surface area contributed by atoms with Gasteiger partial charge in [0.25, 0.3) is 0 Å². The predicted molar refractivity (Wildman–Crippen MR) is 81.9 cm³/mol. The molecule has 2 heterocycles. The molecule has 20 heavy (non-hydrogen) atoms. The van der Waals surface area contributed by atoms with Gasteiger partial charge in [-0.3, -0.25) is 0 Å². The molecule has 0 unspecified atom stereocenters. The molecule has 0 bridgehead atoms. The second kappa shape index (κ2) is 5.49. The van der Waals surface area contributed by atoms with E-state index < -0.39 is 0 Å². The van der Waals surface area contributed by atoms with Gasteiger partial charge >= 0.3 is 0 Å². The van der Waals surface area contributed by atoms with Gasteiger partial charge in [-0.25, -0.2) is 9.97 Å². The zero-order valence-corrected chi connectivity index (χ0v) is 12.1. The second-order valence-corrected chi connectivity index (χ2v) is 5.22. The molecule has 4 heteroatoms. The highest BCUT2D eigenvalue weighted by Crippen LogP contribution is 2.30. The Kier molecular flexibility index (Phi) is 3.54. The first kappa shape index (κ1) is 12.9. The number of nitrogens with zero attached hydrogens (tertiary/aromatic N) is 3. The van der Waals surface area contributed by atoms with Gasteiger partial charge in [0.05, 0.1) is 0 Å². The number of anilines is 2. The van der Waals surface area contributed by atoms with Crippen LogP contribution < -0.4 is 10.2 Å². The van der Waals surface area contributed by atoms with Crippen LogP contribution in [0.4, 0.5) is 11.6 Å². The Hall–Kier alpha value is -2.10. The number of hydrogen-bond donors (Lipinski definition) is 1. The summed E-state index contributed by atoms with van der Waals surface area (Å²) in [6.45, 7) is 7.05. The molecule has 4 nitrogen and oxygen atoms in total. The lowest BCUT2D eigenvalue weighted by atomic mass is 10.1. The summed E-state index contributed by atoms with van der Waals surface area (Å²) in [4.78, 5) is 11.2. The Labute approximate surface area is 119 Å². The summed E-state index contributed by atoms with van der Waals surface area (Å²) in [5.74, 6) is 1.99. The normalized spacial score (nSPS) is 13.4. The molecule has 0 radical (unpaired) electrons. The summed E-state index contributed by atoms with van der Waals surface area (Å²) < 4.78 is 0. The van der Waals surface area contributed by atoms with Crippen molar-refractivity contribution in [3.05, 3.63) is 47.3 Å². The third kappa shape index (κ3) is 2.33. The zero-order chi connectivity index (χ0) is 13.9. The van der Waals surface area contributed by atoms with Crippen LogP contribution in [0.2, 0.25) is 0 Å². The number of aromatic nitrogens is 2. The number of nitrogens with one attached hydrogen (secondary N) is 1. The van der Waals surface area contributed by atoms with E-state index in [4.69, 9.17) is 0 Å².